The van der Waals surface area contributed by atoms with Gasteiger partial charge in [0.15, 0.2) is 5.78 Å². The first kappa shape index (κ1) is 15.8. The molecule has 0 heterocycles. The maximum absolute atomic E-state index is 12.2. The van der Waals surface area contributed by atoms with E-state index in [1.807, 2.05) is 20.8 Å². The summed E-state index contributed by atoms with van der Waals surface area (Å²) in [6, 6.07) is 4.87. The zero-order valence-electron chi connectivity index (χ0n) is 10.7. The Morgan fingerprint density at radius 2 is 1.78 bits per heavy atom. The largest absolute Gasteiger partial charge is 0.467 e. The van der Waals surface area contributed by atoms with E-state index in [1.54, 1.807) is 25.1 Å². The van der Waals surface area contributed by atoms with Crippen LogP contribution in [0.25, 0.3) is 0 Å². The van der Waals surface area contributed by atoms with E-state index in [0.29, 0.717) is 15.8 Å². The van der Waals surface area contributed by atoms with Gasteiger partial charge in [-0.25, -0.2) is 0 Å². The molecule has 1 atom stereocenters. The molecule has 0 saturated carbocycles. The average molecular weight is 354 g/mol. The van der Waals surface area contributed by atoms with Gasteiger partial charge in [-0.2, -0.15) is 0 Å². The van der Waals surface area contributed by atoms with Crippen molar-refractivity contribution in [3.05, 3.63) is 28.2 Å². The summed E-state index contributed by atoms with van der Waals surface area (Å²) in [5.41, 5.74) is -0.525. The molecular weight excluding hydrogens is 339 g/mol. The molecule has 0 bridgehead atoms. The van der Waals surface area contributed by atoms with Crippen molar-refractivity contribution < 1.29 is 9.53 Å². The molecule has 1 unspecified atom stereocenters. The first-order valence-electron chi connectivity index (χ1n) is 5.42. The lowest BCUT2D eigenvalue weighted by atomic mass is 9.88. The van der Waals surface area contributed by atoms with Gasteiger partial charge in [-0.1, -0.05) is 44.0 Å². The number of ether oxygens (including phenoxy) is 1. The Morgan fingerprint density at radius 3 is 2.28 bits per heavy atom. The molecule has 18 heavy (non-hydrogen) atoms. The second kappa shape index (κ2) is 5.40. The van der Waals surface area contributed by atoms with Gasteiger partial charge in [-0.3, -0.25) is 4.79 Å². The number of benzene rings is 1. The Kier molecular flexibility index (Phi) is 4.74. The number of hydrogen-bond donors (Lipinski definition) is 0. The third kappa shape index (κ3) is 3.87. The van der Waals surface area contributed by atoms with E-state index in [2.05, 4.69) is 15.9 Å². The maximum atomic E-state index is 12.2. The van der Waals surface area contributed by atoms with E-state index in [9.17, 15) is 4.79 Å². The average Bonchev–Trinajstić information content (AvgIpc) is 2.20. The molecule has 0 aliphatic rings. The van der Waals surface area contributed by atoms with Crippen LogP contribution in [0.15, 0.2) is 18.2 Å². The van der Waals surface area contributed by atoms with Gasteiger partial charge in [0.1, 0.15) is 5.75 Å². The van der Waals surface area contributed by atoms with Crippen LogP contribution in [0.1, 0.15) is 27.7 Å². The quantitative estimate of drug-likeness (QED) is 0.706. The van der Waals surface area contributed by atoms with Gasteiger partial charge in [0.2, 0.25) is 4.51 Å². The van der Waals surface area contributed by atoms with Gasteiger partial charge in [-0.05, 0) is 35.0 Å². The summed E-state index contributed by atoms with van der Waals surface area (Å²) < 4.78 is 4.51. The van der Waals surface area contributed by atoms with Crippen LogP contribution in [0.5, 0.6) is 5.75 Å². The van der Waals surface area contributed by atoms with Crippen molar-refractivity contribution in [2.45, 2.75) is 32.2 Å². The van der Waals surface area contributed by atoms with Crippen LogP contribution in [0, 0.1) is 5.41 Å². The summed E-state index contributed by atoms with van der Waals surface area (Å²) in [5, 5.41) is 0.910. The second-order valence-electron chi connectivity index (χ2n) is 5.17. The molecule has 1 rings (SSSR count). The molecule has 1 aromatic rings. The van der Waals surface area contributed by atoms with E-state index >= 15 is 0 Å². The normalized spacial score (nSPS) is 15.1. The lowest BCUT2D eigenvalue weighted by molar-refractivity contribution is -0.134. The summed E-state index contributed by atoms with van der Waals surface area (Å²) in [6.45, 7) is 7.14. The number of hydrogen-bond acceptors (Lipinski definition) is 2. The minimum atomic E-state index is -1.14. The van der Waals surface area contributed by atoms with Gasteiger partial charge in [-0.15, -0.1) is 0 Å². The molecule has 2 nitrogen and oxygen atoms in total. The molecule has 0 N–H and O–H groups in total. The van der Waals surface area contributed by atoms with Gasteiger partial charge in [0.25, 0.3) is 0 Å². The molecule has 100 valence electrons. The lowest BCUT2D eigenvalue weighted by Gasteiger charge is -2.30. The topological polar surface area (TPSA) is 26.3 Å². The second-order valence-corrected chi connectivity index (χ2v) is 7.53. The monoisotopic (exact) mass is 352 g/mol. The van der Waals surface area contributed by atoms with Crippen molar-refractivity contribution in [1.82, 2.24) is 0 Å². The number of ketones is 1. The highest BCUT2D eigenvalue weighted by Crippen LogP contribution is 2.36. The van der Waals surface area contributed by atoms with Crippen LogP contribution >= 0.6 is 39.1 Å². The standard InChI is InChI=1S/C13H15BrCl2O2/c1-12(2,3)11(17)13(4,14)18-10-7-8(15)5-6-9(10)16/h5-7H,1-4H3. The number of Topliss-reactive ketones (excluding diaryl/α,β-unsaturated/α-hetero) is 1. The Labute approximate surface area is 126 Å². The molecule has 0 saturated heterocycles. The summed E-state index contributed by atoms with van der Waals surface area (Å²) in [6.07, 6.45) is 0. The van der Waals surface area contributed by atoms with Crippen LogP contribution in [0.3, 0.4) is 0 Å². The summed E-state index contributed by atoms with van der Waals surface area (Å²) in [4.78, 5) is 12.2. The molecule has 0 aromatic heterocycles. The van der Waals surface area contributed by atoms with E-state index in [4.69, 9.17) is 27.9 Å². The Balaban J connectivity index is 3.02. The highest BCUT2D eigenvalue weighted by molar-refractivity contribution is 9.10. The van der Waals surface area contributed by atoms with E-state index < -0.39 is 9.93 Å². The molecule has 5 heteroatoms. The summed E-state index contributed by atoms with van der Waals surface area (Å²) in [5.74, 6) is 0.298. The maximum Gasteiger partial charge on any atom is 0.218 e. The van der Waals surface area contributed by atoms with Crippen LogP contribution in [0.2, 0.25) is 10.0 Å². The number of carbonyl (C=O) groups is 1. The summed E-state index contributed by atoms with van der Waals surface area (Å²) >= 11 is 15.2. The zero-order chi connectivity index (χ0) is 14.1. The van der Waals surface area contributed by atoms with Crippen LogP contribution in [-0.2, 0) is 4.79 Å². The fraction of sp³-hybridized carbons (Fsp3) is 0.462. The Bertz CT molecular complexity index is 465. The smallest absolute Gasteiger partial charge is 0.218 e. The van der Waals surface area contributed by atoms with Gasteiger partial charge >= 0.3 is 0 Å². The van der Waals surface area contributed by atoms with E-state index in [-0.39, 0.29) is 5.78 Å². The lowest BCUT2D eigenvalue weighted by Crippen LogP contribution is -2.42. The highest BCUT2D eigenvalue weighted by Gasteiger charge is 2.40. The van der Waals surface area contributed by atoms with Crippen molar-refractivity contribution in [3.8, 4) is 5.75 Å². The van der Waals surface area contributed by atoms with Crippen LogP contribution < -0.4 is 4.74 Å². The van der Waals surface area contributed by atoms with Crippen molar-refractivity contribution >= 4 is 44.9 Å². The zero-order valence-corrected chi connectivity index (χ0v) is 13.8. The predicted octanol–water partition coefficient (Wildman–Crippen LogP) is 5.10. The molecule has 0 aliphatic carbocycles. The van der Waals surface area contributed by atoms with Gasteiger partial charge in [0.05, 0.1) is 5.02 Å². The molecular formula is C13H15BrCl2O2. The Morgan fingerprint density at radius 1 is 1.22 bits per heavy atom. The molecule has 0 radical (unpaired) electrons. The molecule has 0 fully saturated rings. The van der Waals surface area contributed by atoms with Crippen molar-refractivity contribution in [2.24, 2.45) is 5.41 Å². The predicted molar refractivity (Wildman–Crippen MR) is 78.9 cm³/mol. The molecule has 0 amide bonds. The van der Waals surface area contributed by atoms with Crippen LogP contribution in [0.4, 0.5) is 0 Å². The Hall–Kier alpha value is -0.250. The third-order valence-corrected chi connectivity index (χ3v) is 3.35. The fourth-order valence-electron chi connectivity index (χ4n) is 1.48. The number of alkyl halides is 1. The highest BCUT2D eigenvalue weighted by atomic mass is 79.9. The van der Waals surface area contributed by atoms with Gasteiger partial charge < -0.3 is 4.74 Å². The molecule has 1 aromatic carbocycles. The van der Waals surface area contributed by atoms with E-state index in [0.717, 1.165) is 0 Å². The first-order valence-corrected chi connectivity index (χ1v) is 6.97. The SMILES string of the molecule is CC(C)(C)C(=O)C(C)(Br)Oc1cc(Cl)ccc1Cl. The van der Waals surface area contributed by atoms with Gasteiger partial charge in [0, 0.05) is 16.5 Å². The molecule has 0 aliphatic heterocycles. The minimum Gasteiger partial charge on any atom is -0.467 e. The third-order valence-electron chi connectivity index (χ3n) is 2.28. The van der Waals surface area contributed by atoms with Crippen molar-refractivity contribution in [3.63, 3.8) is 0 Å². The first-order chi connectivity index (χ1) is 8.04. The molecule has 0 spiro atoms. The number of rotatable bonds is 3. The minimum absolute atomic E-state index is 0.0777. The van der Waals surface area contributed by atoms with Crippen molar-refractivity contribution in [1.29, 1.82) is 0 Å². The summed E-state index contributed by atoms with van der Waals surface area (Å²) in [7, 11) is 0. The number of carbonyl (C=O) groups excluding carboxylic acids is 1. The fourth-order valence-corrected chi connectivity index (χ4v) is 2.57. The van der Waals surface area contributed by atoms with Crippen molar-refractivity contribution in [2.75, 3.05) is 0 Å². The van der Waals surface area contributed by atoms with Crippen LogP contribution in [-0.4, -0.2) is 10.3 Å². The number of halogens is 3. The van der Waals surface area contributed by atoms with E-state index in [1.165, 1.54) is 0 Å².